The number of halogens is 1. The van der Waals surface area contributed by atoms with E-state index < -0.39 is 16.0 Å². The summed E-state index contributed by atoms with van der Waals surface area (Å²) in [6.45, 7) is 2.16. The zero-order valence-electron chi connectivity index (χ0n) is 10.8. The average Bonchev–Trinajstić information content (AvgIpc) is 2.87. The lowest BCUT2D eigenvalue weighted by Gasteiger charge is -2.23. The van der Waals surface area contributed by atoms with Gasteiger partial charge in [0.2, 0.25) is 10.0 Å². The van der Waals surface area contributed by atoms with Gasteiger partial charge >= 0.3 is 5.97 Å². The van der Waals surface area contributed by atoms with Gasteiger partial charge < -0.3 is 5.11 Å². The van der Waals surface area contributed by atoms with Crippen LogP contribution in [0.15, 0.2) is 35.2 Å². The maximum atomic E-state index is 12.6. The predicted molar refractivity (Wildman–Crippen MR) is 75.5 cm³/mol. The molecule has 0 radical (unpaired) electrons. The molecular formula is C13H14ClNO4S. The van der Waals surface area contributed by atoms with E-state index in [-0.39, 0.29) is 28.1 Å². The van der Waals surface area contributed by atoms with Gasteiger partial charge in [0.05, 0.1) is 10.6 Å². The summed E-state index contributed by atoms with van der Waals surface area (Å²) in [4.78, 5) is 10.8. The molecule has 1 aromatic carbocycles. The quantitative estimate of drug-likeness (QED) is 0.866. The fourth-order valence-electron chi connectivity index (χ4n) is 2.13. The second kappa shape index (κ2) is 5.55. The van der Waals surface area contributed by atoms with Gasteiger partial charge in [0.15, 0.2) is 0 Å². The van der Waals surface area contributed by atoms with Crippen molar-refractivity contribution in [2.75, 3.05) is 6.54 Å². The molecule has 0 amide bonds. The summed E-state index contributed by atoms with van der Waals surface area (Å²) in [5, 5.41) is 8.99. The van der Waals surface area contributed by atoms with Crippen LogP contribution in [0.2, 0.25) is 5.02 Å². The van der Waals surface area contributed by atoms with E-state index in [1.54, 1.807) is 6.08 Å². The highest BCUT2D eigenvalue weighted by molar-refractivity contribution is 7.89. The molecule has 7 heteroatoms. The third-order valence-corrected chi connectivity index (χ3v) is 5.57. The Balaban J connectivity index is 2.49. The predicted octanol–water partition coefficient (Wildman–Crippen LogP) is 2.38. The Hall–Kier alpha value is -1.37. The van der Waals surface area contributed by atoms with Gasteiger partial charge in [0.25, 0.3) is 0 Å². The Morgan fingerprint density at radius 1 is 1.50 bits per heavy atom. The van der Waals surface area contributed by atoms with Crippen LogP contribution in [0.1, 0.15) is 23.7 Å². The fraction of sp³-hybridized carbons (Fsp3) is 0.308. The SMILES string of the molecule is CCC1C=CCN1S(=O)(=O)c1cc(C(=O)O)ccc1Cl. The normalized spacial score (nSPS) is 19.4. The molecule has 5 nitrogen and oxygen atoms in total. The third kappa shape index (κ3) is 2.59. The van der Waals surface area contributed by atoms with E-state index in [0.29, 0.717) is 6.42 Å². The maximum absolute atomic E-state index is 12.6. The molecule has 1 aromatic rings. The first-order valence-electron chi connectivity index (χ1n) is 6.09. The number of carboxylic acid groups (broad SMARTS) is 1. The molecule has 1 aliphatic rings. The molecule has 108 valence electrons. The molecule has 0 aromatic heterocycles. The van der Waals surface area contributed by atoms with E-state index in [1.807, 2.05) is 13.0 Å². The van der Waals surface area contributed by atoms with Gasteiger partial charge in [-0.1, -0.05) is 30.7 Å². The topological polar surface area (TPSA) is 74.7 Å². The van der Waals surface area contributed by atoms with Crippen molar-refractivity contribution in [1.82, 2.24) is 4.31 Å². The van der Waals surface area contributed by atoms with E-state index in [9.17, 15) is 13.2 Å². The minimum atomic E-state index is -3.81. The number of sulfonamides is 1. The molecule has 1 unspecified atom stereocenters. The number of hydrogen-bond acceptors (Lipinski definition) is 3. The molecule has 1 heterocycles. The fourth-order valence-corrected chi connectivity index (χ4v) is 4.24. The molecule has 0 bridgehead atoms. The molecule has 1 N–H and O–H groups in total. The van der Waals surface area contributed by atoms with E-state index in [2.05, 4.69) is 0 Å². The van der Waals surface area contributed by atoms with Gasteiger partial charge in [-0.2, -0.15) is 4.31 Å². The molecule has 0 aliphatic carbocycles. The molecule has 1 atom stereocenters. The van der Waals surface area contributed by atoms with Crippen LogP contribution in [0.3, 0.4) is 0 Å². The van der Waals surface area contributed by atoms with Crippen molar-refractivity contribution in [3.05, 3.63) is 40.9 Å². The van der Waals surface area contributed by atoms with Crippen LogP contribution in [0.5, 0.6) is 0 Å². The van der Waals surface area contributed by atoms with Crippen molar-refractivity contribution in [3.63, 3.8) is 0 Å². The summed E-state index contributed by atoms with van der Waals surface area (Å²) in [5.74, 6) is -1.19. The van der Waals surface area contributed by atoms with Crippen molar-refractivity contribution in [2.24, 2.45) is 0 Å². The van der Waals surface area contributed by atoms with Gasteiger partial charge in [-0.15, -0.1) is 0 Å². The number of rotatable bonds is 4. The lowest BCUT2D eigenvalue weighted by Crippen LogP contribution is -2.35. The standard InChI is InChI=1S/C13H14ClNO4S/c1-2-10-4-3-7-15(10)20(18,19)12-8-9(13(16)17)5-6-11(12)14/h3-6,8,10H,2,7H2,1H3,(H,16,17). The highest BCUT2D eigenvalue weighted by Crippen LogP contribution is 2.29. The molecule has 0 saturated carbocycles. The molecule has 0 spiro atoms. The largest absolute Gasteiger partial charge is 0.478 e. The highest BCUT2D eigenvalue weighted by atomic mass is 35.5. The van der Waals surface area contributed by atoms with Crippen LogP contribution in [0.4, 0.5) is 0 Å². The van der Waals surface area contributed by atoms with Crippen LogP contribution < -0.4 is 0 Å². The molecule has 1 aliphatic heterocycles. The van der Waals surface area contributed by atoms with E-state index in [1.165, 1.54) is 16.4 Å². The Bertz CT molecular complexity index is 669. The number of carbonyl (C=O) groups is 1. The Kier molecular flexibility index (Phi) is 4.17. The monoisotopic (exact) mass is 315 g/mol. The van der Waals surface area contributed by atoms with Gasteiger partial charge in [-0.25, -0.2) is 13.2 Å². The van der Waals surface area contributed by atoms with E-state index in [4.69, 9.17) is 16.7 Å². The lowest BCUT2D eigenvalue weighted by molar-refractivity contribution is 0.0696. The first-order chi connectivity index (χ1) is 9.37. The van der Waals surface area contributed by atoms with Gasteiger partial charge in [-0.05, 0) is 24.6 Å². The number of carboxylic acids is 1. The first-order valence-corrected chi connectivity index (χ1v) is 7.91. The van der Waals surface area contributed by atoms with E-state index in [0.717, 1.165) is 6.07 Å². The van der Waals surface area contributed by atoms with Gasteiger partial charge in [-0.3, -0.25) is 0 Å². The smallest absolute Gasteiger partial charge is 0.335 e. The minimum absolute atomic E-state index is 0.0248. The number of nitrogens with zero attached hydrogens (tertiary/aromatic N) is 1. The maximum Gasteiger partial charge on any atom is 0.335 e. The number of benzene rings is 1. The highest BCUT2D eigenvalue weighted by Gasteiger charge is 2.33. The molecule has 0 saturated heterocycles. The van der Waals surface area contributed by atoms with Crippen LogP contribution >= 0.6 is 11.6 Å². The number of aromatic carboxylic acids is 1. The average molecular weight is 316 g/mol. The third-order valence-electron chi connectivity index (χ3n) is 3.20. The second-order valence-electron chi connectivity index (χ2n) is 4.43. The van der Waals surface area contributed by atoms with Gasteiger partial charge in [0, 0.05) is 12.6 Å². The lowest BCUT2D eigenvalue weighted by atomic mass is 10.2. The van der Waals surface area contributed by atoms with Crippen LogP contribution in [0.25, 0.3) is 0 Å². The summed E-state index contributed by atoms with van der Waals surface area (Å²) in [6, 6.07) is 3.46. The number of hydrogen-bond donors (Lipinski definition) is 1. The van der Waals surface area contributed by atoms with Crippen LogP contribution in [-0.4, -0.2) is 36.4 Å². The summed E-state index contributed by atoms with van der Waals surface area (Å²) in [7, 11) is -3.81. The van der Waals surface area contributed by atoms with Crippen molar-refractivity contribution >= 4 is 27.6 Å². The molecular weight excluding hydrogens is 302 g/mol. The van der Waals surface area contributed by atoms with Crippen molar-refractivity contribution < 1.29 is 18.3 Å². The second-order valence-corrected chi connectivity index (χ2v) is 6.70. The zero-order valence-corrected chi connectivity index (χ0v) is 12.4. The Morgan fingerprint density at radius 2 is 2.20 bits per heavy atom. The van der Waals surface area contributed by atoms with Crippen molar-refractivity contribution in [1.29, 1.82) is 0 Å². The minimum Gasteiger partial charge on any atom is -0.478 e. The summed E-state index contributed by atoms with van der Waals surface area (Å²) in [5.41, 5.74) is -0.104. The Labute approximate surface area is 122 Å². The Morgan fingerprint density at radius 3 is 2.80 bits per heavy atom. The molecule has 20 heavy (non-hydrogen) atoms. The van der Waals surface area contributed by atoms with Crippen LogP contribution in [-0.2, 0) is 10.0 Å². The van der Waals surface area contributed by atoms with Crippen molar-refractivity contribution in [2.45, 2.75) is 24.3 Å². The van der Waals surface area contributed by atoms with Gasteiger partial charge in [0.1, 0.15) is 4.90 Å². The molecule has 2 rings (SSSR count). The first kappa shape index (κ1) is 15.0. The summed E-state index contributed by atoms with van der Waals surface area (Å²) in [6.07, 6.45) is 4.25. The van der Waals surface area contributed by atoms with E-state index >= 15 is 0 Å². The van der Waals surface area contributed by atoms with Crippen molar-refractivity contribution in [3.8, 4) is 0 Å². The summed E-state index contributed by atoms with van der Waals surface area (Å²) < 4.78 is 26.5. The van der Waals surface area contributed by atoms with Crippen LogP contribution in [0, 0.1) is 0 Å². The summed E-state index contributed by atoms with van der Waals surface area (Å²) >= 11 is 5.94. The zero-order chi connectivity index (χ0) is 14.9. The molecule has 0 fully saturated rings.